The highest BCUT2D eigenvalue weighted by Gasteiger charge is 2.66. The molecule has 3 aromatic carbocycles. The molecule has 53 heavy (non-hydrogen) atoms. The standard InChI is InChI=1S/C41H48N4O7Si/c1-26-39(53(3,4)32-14-12-31(51-2)13-15-32)35(23-38(49)42-19-5-6-30(42)25-46)52-41(26)33-22-29(44-21-18-37(44)48)11-16-34(33)45(40(41)50)24-27-7-9-28(10-8-27)43-20-17-36(43)47/h7-16,22,26,30,35,39,46H,5-6,17-21,23-25H2,1-4H3/t26-,30+,35+,39-,41+/m1/s1. The molecule has 0 radical (unpaired) electrons. The van der Waals surface area contributed by atoms with E-state index in [1.807, 2.05) is 54.6 Å². The number of β-lactam (4-membered cyclic amide) rings is 2. The lowest BCUT2D eigenvalue weighted by Crippen LogP contribution is -2.52. The van der Waals surface area contributed by atoms with Crippen molar-refractivity contribution in [3.8, 4) is 5.75 Å². The van der Waals surface area contributed by atoms with Gasteiger partial charge in [0.05, 0.1) is 52.6 Å². The van der Waals surface area contributed by atoms with Crippen LogP contribution in [0.1, 0.15) is 50.2 Å². The number of hydrogen-bond donors (Lipinski definition) is 1. The Hall–Kier alpha value is -4.52. The van der Waals surface area contributed by atoms with E-state index >= 15 is 4.79 Å². The molecule has 5 aliphatic rings. The van der Waals surface area contributed by atoms with Gasteiger partial charge in [-0.1, -0.05) is 49.5 Å². The van der Waals surface area contributed by atoms with Crippen LogP contribution in [0.2, 0.25) is 18.6 Å². The Labute approximate surface area is 311 Å². The third-order valence-corrected chi connectivity index (χ3v) is 17.1. The number of amides is 4. The van der Waals surface area contributed by atoms with Crippen molar-refractivity contribution < 1.29 is 33.8 Å². The number of anilines is 3. The zero-order chi connectivity index (χ0) is 37.2. The predicted molar refractivity (Wildman–Crippen MR) is 204 cm³/mol. The number of ether oxygens (including phenoxy) is 2. The fourth-order valence-electron chi connectivity index (χ4n) is 9.61. The highest BCUT2D eigenvalue weighted by Crippen LogP contribution is 2.60. The molecular weight excluding hydrogens is 689 g/mol. The minimum absolute atomic E-state index is 0.0415. The van der Waals surface area contributed by atoms with Crippen LogP contribution in [0.25, 0.3) is 0 Å². The first-order valence-electron chi connectivity index (χ1n) is 18.9. The molecule has 4 fully saturated rings. The number of nitrogens with zero attached hydrogens (tertiary/aromatic N) is 4. The molecule has 8 rings (SSSR count). The van der Waals surface area contributed by atoms with Crippen LogP contribution in [0.3, 0.4) is 0 Å². The summed E-state index contributed by atoms with van der Waals surface area (Å²) in [5, 5.41) is 11.3. The average Bonchev–Trinajstić information content (AvgIpc) is 3.81. The smallest absolute Gasteiger partial charge is 0.264 e. The highest BCUT2D eigenvalue weighted by molar-refractivity contribution is 6.91. The molecule has 0 aliphatic carbocycles. The predicted octanol–water partition coefficient (Wildman–Crippen LogP) is 4.30. The molecule has 5 aliphatic heterocycles. The summed E-state index contributed by atoms with van der Waals surface area (Å²) in [6.07, 6.45) is 2.17. The van der Waals surface area contributed by atoms with Gasteiger partial charge < -0.3 is 34.2 Å². The monoisotopic (exact) mass is 736 g/mol. The number of methoxy groups -OCH3 is 1. The number of rotatable bonds is 10. The average molecular weight is 737 g/mol. The summed E-state index contributed by atoms with van der Waals surface area (Å²) in [4.78, 5) is 61.3. The molecule has 1 N–H and O–H groups in total. The Kier molecular flexibility index (Phi) is 8.98. The van der Waals surface area contributed by atoms with E-state index in [4.69, 9.17) is 9.47 Å². The molecular formula is C41H48N4O7Si. The number of benzene rings is 3. The van der Waals surface area contributed by atoms with Crippen molar-refractivity contribution in [3.05, 3.63) is 77.9 Å². The molecule has 5 atom stereocenters. The first kappa shape index (κ1) is 35.5. The molecule has 0 saturated carbocycles. The van der Waals surface area contributed by atoms with Crippen molar-refractivity contribution in [3.63, 3.8) is 0 Å². The fourth-order valence-corrected chi connectivity index (χ4v) is 13.6. The highest BCUT2D eigenvalue weighted by atomic mass is 28.3. The number of fused-ring (bicyclic) bond motifs is 2. The maximum Gasteiger partial charge on any atom is 0.264 e. The summed E-state index contributed by atoms with van der Waals surface area (Å²) in [5.41, 5.74) is 2.41. The normalized spacial score (nSPS) is 26.7. The number of hydrogen-bond acceptors (Lipinski definition) is 7. The molecule has 1 spiro atoms. The number of carbonyl (C=O) groups is 4. The number of carbonyl (C=O) groups excluding carboxylic acids is 4. The quantitative estimate of drug-likeness (QED) is 0.244. The van der Waals surface area contributed by atoms with Gasteiger partial charge >= 0.3 is 0 Å². The van der Waals surface area contributed by atoms with Crippen molar-refractivity contribution >= 4 is 54.0 Å². The Morgan fingerprint density at radius 1 is 0.925 bits per heavy atom. The van der Waals surface area contributed by atoms with Gasteiger partial charge in [-0.15, -0.1) is 0 Å². The van der Waals surface area contributed by atoms with E-state index in [-0.39, 0.29) is 54.2 Å². The Balaban J connectivity index is 1.21. The first-order chi connectivity index (χ1) is 25.5. The summed E-state index contributed by atoms with van der Waals surface area (Å²) in [7, 11) is -0.866. The van der Waals surface area contributed by atoms with Gasteiger partial charge in [0, 0.05) is 55.3 Å². The summed E-state index contributed by atoms with van der Waals surface area (Å²) in [5.74, 6) is 0.336. The van der Waals surface area contributed by atoms with Crippen molar-refractivity contribution in [2.24, 2.45) is 5.92 Å². The minimum atomic E-state index is -2.51. The van der Waals surface area contributed by atoms with Gasteiger partial charge in [0.25, 0.3) is 5.91 Å². The summed E-state index contributed by atoms with van der Waals surface area (Å²) < 4.78 is 12.7. The van der Waals surface area contributed by atoms with Crippen molar-refractivity contribution in [1.82, 2.24) is 4.90 Å². The number of aliphatic hydroxyl groups excluding tert-OH is 1. The van der Waals surface area contributed by atoms with E-state index in [1.165, 1.54) is 5.19 Å². The molecule has 0 bridgehead atoms. The van der Waals surface area contributed by atoms with Gasteiger partial charge in [-0.3, -0.25) is 19.2 Å². The van der Waals surface area contributed by atoms with Crippen LogP contribution in [0.5, 0.6) is 5.75 Å². The maximum atomic E-state index is 15.3. The molecule has 12 heteroatoms. The van der Waals surface area contributed by atoms with Gasteiger partial charge in [-0.25, -0.2) is 0 Å². The van der Waals surface area contributed by atoms with Gasteiger partial charge in [0.15, 0.2) is 5.60 Å². The molecule has 3 aromatic rings. The molecule has 11 nitrogen and oxygen atoms in total. The van der Waals surface area contributed by atoms with E-state index in [0.29, 0.717) is 39.0 Å². The summed E-state index contributed by atoms with van der Waals surface area (Å²) >= 11 is 0. The zero-order valence-electron chi connectivity index (χ0n) is 30.9. The lowest BCUT2D eigenvalue weighted by Gasteiger charge is -2.37. The summed E-state index contributed by atoms with van der Waals surface area (Å²) in [6, 6.07) is 21.5. The van der Waals surface area contributed by atoms with Crippen LogP contribution in [-0.4, -0.2) is 87.2 Å². The first-order valence-corrected chi connectivity index (χ1v) is 21.9. The van der Waals surface area contributed by atoms with E-state index < -0.39 is 19.8 Å². The van der Waals surface area contributed by atoms with Gasteiger partial charge in [0.1, 0.15) is 5.75 Å². The lowest BCUT2D eigenvalue weighted by molar-refractivity contribution is -0.150. The van der Waals surface area contributed by atoms with E-state index in [2.05, 4.69) is 32.2 Å². The van der Waals surface area contributed by atoms with Crippen LogP contribution >= 0.6 is 0 Å². The molecule has 0 unspecified atom stereocenters. The van der Waals surface area contributed by atoms with Crippen LogP contribution in [0.15, 0.2) is 66.7 Å². The second kappa shape index (κ2) is 13.4. The second-order valence-electron chi connectivity index (χ2n) is 15.8. The van der Waals surface area contributed by atoms with Gasteiger partial charge in [-0.2, -0.15) is 0 Å². The third-order valence-electron chi connectivity index (χ3n) is 12.7. The van der Waals surface area contributed by atoms with E-state index in [0.717, 1.165) is 46.8 Å². The molecule has 0 aromatic heterocycles. The maximum absolute atomic E-state index is 15.3. The van der Waals surface area contributed by atoms with Gasteiger partial charge in [0.2, 0.25) is 17.7 Å². The van der Waals surface area contributed by atoms with E-state index in [1.54, 1.807) is 26.7 Å². The van der Waals surface area contributed by atoms with Crippen molar-refractivity contribution in [1.29, 1.82) is 0 Å². The Morgan fingerprint density at radius 3 is 2.19 bits per heavy atom. The molecule has 278 valence electrons. The Morgan fingerprint density at radius 2 is 1.58 bits per heavy atom. The second-order valence-corrected chi connectivity index (χ2v) is 20.5. The topological polar surface area (TPSA) is 120 Å². The number of aliphatic hydroxyl groups is 1. The lowest BCUT2D eigenvalue weighted by atomic mass is 9.82. The number of likely N-dealkylation sites (tertiary alicyclic amines) is 1. The van der Waals surface area contributed by atoms with Crippen molar-refractivity contribution in [2.45, 2.75) is 82.0 Å². The van der Waals surface area contributed by atoms with Crippen LogP contribution in [0, 0.1) is 5.92 Å². The fraction of sp³-hybridized carbons (Fsp3) is 0.463. The third kappa shape index (κ3) is 5.68. The molecule has 4 amide bonds. The van der Waals surface area contributed by atoms with Crippen LogP contribution in [-0.2, 0) is 36.1 Å². The van der Waals surface area contributed by atoms with Crippen LogP contribution in [0.4, 0.5) is 17.1 Å². The molecule has 5 heterocycles. The minimum Gasteiger partial charge on any atom is -0.497 e. The Bertz CT molecular complexity index is 1950. The summed E-state index contributed by atoms with van der Waals surface area (Å²) in [6.45, 7) is 8.81. The SMILES string of the molecule is COc1ccc([Si](C)(C)[C@H]2[C@H](CC(=O)N3CCC[C@H]3CO)O[C@@]3(C(=O)N(Cc4ccc(N5CCC5=O)cc4)c4ccc(N5CCC5=O)cc43)[C@@H]2C)cc1. The van der Waals surface area contributed by atoms with E-state index in [9.17, 15) is 19.5 Å². The zero-order valence-corrected chi connectivity index (χ0v) is 31.9. The molecule has 4 saturated heterocycles. The van der Waals surface area contributed by atoms with Gasteiger partial charge in [-0.05, 0) is 66.4 Å². The van der Waals surface area contributed by atoms with Crippen molar-refractivity contribution in [2.75, 3.05) is 48.1 Å². The van der Waals surface area contributed by atoms with Crippen LogP contribution < -0.4 is 24.6 Å². The largest absolute Gasteiger partial charge is 0.497 e.